The normalized spacial score (nSPS) is 18.1. The first kappa shape index (κ1) is 14.0. The number of hydrogen-bond acceptors (Lipinski definition) is 3. The van der Waals surface area contributed by atoms with Crippen LogP contribution >= 0.6 is 0 Å². The van der Waals surface area contributed by atoms with Gasteiger partial charge in [-0.15, -0.1) is 0 Å². The molecule has 0 saturated heterocycles. The molecule has 0 aromatic carbocycles. The third-order valence-electron chi connectivity index (χ3n) is 3.06. The van der Waals surface area contributed by atoms with E-state index in [1.165, 1.54) is 0 Å². The summed E-state index contributed by atoms with van der Waals surface area (Å²) in [5.41, 5.74) is 5.22. The van der Waals surface area contributed by atoms with Crippen molar-refractivity contribution in [3.8, 4) is 0 Å². The van der Waals surface area contributed by atoms with Crippen molar-refractivity contribution < 1.29 is 9.59 Å². The summed E-state index contributed by atoms with van der Waals surface area (Å²) in [6, 6.07) is 0. The zero-order valence-corrected chi connectivity index (χ0v) is 10.7. The maximum Gasteiger partial charge on any atom is 0.240 e. The second-order valence-corrected chi connectivity index (χ2v) is 5.24. The maximum absolute atomic E-state index is 11.8. The third kappa shape index (κ3) is 4.34. The van der Waals surface area contributed by atoms with Crippen molar-refractivity contribution in [3.63, 3.8) is 0 Å². The van der Waals surface area contributed by atoms with Gasteiger partial charge in [-0.05, 0) is 18.8 Å². The van der Waals surface area contributed by atoms with Gasteiger partial charge in [0.2, 0.25) is 11.8 Å². The van der Waals surface area contributed by atoms with Crippen LogP contribution in [0.5, 0.6) is 0 Å². The molecule has 0 atom stereocenters. The van der Waals surface area contributed by atoms with Gasteiger partial charge in [-0.3, -0.25) is 9.59 Å². The largest absolute Gasteiger partial charge is 0.354 e. The average molecular weight is 241 g/mol. The molecule has 5 nitrogen and oxygen atoms in total. The van der Waals surface area contributed by atoms with Crippen molar-refractivity contribution in [2.75, 3.05) is 13.1 Å². The second-order valence-electron chi connectivity index (χ2n) is 5.24. The molecule has 0 spiro atoms. The summed E-state index contributed by atoms with van der Waals surface area (Å²) in [5, 5.41) is 5.36. The highest BCUT2D eigenvalue weighted by molar-refractivity contribution is 5.90. The molecule has 0 aromatic heterocycles. The molecule has 0 unspecified atom stereocenters. The molecule has 98 valence electrons. The van der Waals surface area contributed by atoms with E-state index in [2.05, 4.69) is 10.6 Å². The number of rotatable bonds is 5. The number of hydrogen-bond donors (Lipinski definition) is 3. The third-order valence-corrected chi connectivity index (χ3v) is 3.06. The first-order valence-electron chi connectivity index (χ1n) is 6.28. The van der Waals surface area contributed by atoms with Gasteiger partial charge in [-0.2, -0.15) is 0 Å². The van der Waals surface area contributed by atoms with Crippen LogP contribution in [0.3, 0.4) is 0 Å². The van der Waals surface area contributed by atoms with E-state index in [1.807, 2.05) is 13.8 Å². The topological polar surface area (TPSA) is 84.2 Å². The van der Waals surface area contributed by atoms with Gasteiger partial charge >= 0.3 is 0 Å². The van der Waals surface area contributed by atoms with Crippen LogP contribution in [0.15, 0.2) is 0 Å². The quantitative estimate of drug-likeness (QED) is 0.640. The molecular formula is C12H23N3O2. The lowest BCUT2D eigenvalue weighted by molar-refractivity contribution is -0.129. The lowest BCUT2D eigenvalue weighted by Gasteiger charge is -2.22. The standard InChI is InChI=1S/C12H23N3O2/c1-9(2)7-14-10(16)8-15-11(17)12(13)5-3-4-6-12/h9H,3-8,13H2,1-2H3,(H,14,16)(H,15,17). The van der Waals surface area contributed by atoms with E-state index in [1.54, 1.807) is 0 Å². The van der Waals surface area contributed by atoms with Gasteiger partial charge in [-0.1, -0.05) is 26.7 Å². The average Bonchev–Trinajstić information content (AvgIpc) is 2.71. The van der Waals surface area contributed by atoms with Gasteiger partial charge in [0, 0.05) is 6.54 Å². The van der Waals surface area contributed by atoms with Crippen LogP contribution in [-0.2, 0) is 9.59 Å². The lowest BCUT2D eigenvalue weighted by atomic mass is 9.98. The van der Waals surface area contributed by atoms with Crippen molar-refractivity contribution in [1.82, 2.24) is 10.6 Å². The van der Waals surface area contributed by atoms with E-state index < -0.39 is 5.54 Å². The second kappa shape index (κ2) is 6.00. The minimum absolute atomic E-state index is 0.0184. The molecule has 0 aromatic rings. The fourth-order valence-corrected chi connectivity index (χ4v) is 1.95. The molecular weight excluding hydrogens is 218 g/mol. The zero-order chi connectivity index (χ0) is 12.9. The fraction of sp³-hybridized carbons (Fsp3) is 0.833. The molecule has 1 rings (SSSR count). The van der Waals surface area contributed by atoms with E-state index in [4.69, 9.17) is 5.73 Å². The molecule has 1 saturated carbocycles. The van der Waals surface area contributed by atoms with Gasteiger partial charge in [-0.25, -0.2) is 0 Å². The Morgan fingerprint density at radius 1 is 1.24 bits per heavy atom. The molecule has 1 fully saturated rings. The van der Waals surface area contributed by atoms with Crippen LogP contribution < -0.4 is 16.4 Å². The predicted octanol–water partition coefficient (Wildman–Crippen LogP) is 0.146. The van der Waals surface area contributed by atoms with Crippen LogP contribution in [-0.4, -0.2) is 30.4 Å². The Labute approximate surface area is 103 Å². The molecule has 0 aliphatic heterocycles. The van der Waals surface area contributed by atoms with E-state index in [-0.39, 0.29) is 18.4 Å². The van der Waals surface area contributed by atoms with Crippen LogP contribution in [0, 0.1) is 5.92 Å². The first-order valence-corrected chi connectivity index (χ1v) is 6.28. The van der Waals surface area contributed by atoms with Crippen molar-refractivity contribution in [2.24, 2.45) is 11.7 Å². The van der Waals surface area contributed by atoms with Crippen molar-refractivity contribution in [3.05, 3.63) is 0 Å². The minimum Gasteiger partial charge on any atom is -0.354 e. The SMILES string of the molecule is CC(C)CNC(=O)CNC(=O)C1(N)CCCC1. The number of carbonyl (C=O) groups is 2. The van der Waals surface area contributed by atoms with Crippen LogP contribution in [0.25, 0.3) is 0 Å². The molecule has 5 heteroatoms. The zero-order valence-electron chi connectivity index (χ0n) is 10.7. The Kier molecular flexibility index (Phi) is 4.93. The van der Waals surface area contributed by atoms with E-state index in [9.17, 15) is 9.59 Å². The number of amides is 2. The minimum atomic E-state index is -0.752. The summed E-state index contributed by atoms with van der Waals surface area (Å²) in [6.45, 7) is 4.69. The first-order chi connectivity index (χ1) is 7.94. The molecule has 4 N–H and O–H groups in total. The van der Waals surface area contributed by atoms with Gasteiger partial charge in [0.25, 0.3) is 0 Å². The molecule has 17 heavy (non-hydrogen) atoms. The number of carbonyl (C=O) groups excluding carboxylic acids is 2. The maximum atomic E-state index is 11.8. The Morgan fingerprint density at radius 3 is 2.35 bits per heavy atom. The Morgan fingerprint density at radius 2 is 1.82 bits per heavy atom. The fourth-order valence-electron chi connectivity index (χ4n) is 1.95. The monoisotopic (exact) mass is 241 g/mol. The highest BCUT2D eigenvalue weighted by Gasteiger charge is 2.36. The summed E-state index contributed by atoms with van der Waals surface area (Å²) in [5.74, 6) is 0.0497. The summed E-state index contributed by atoms with van der Waals surface area (Å²) in [7, 11) is 0. The number of nitrogens with one attached hydrogen (secondary N) is 2. The highest BCUT2D eigenvalue weighted by atomic mass is 16.2. The molecule has 1 aliphatic rings. The number of nitrogens with two attached hydrogens (primary N) is 1. The van der Waals surface area contributed by atoms with Gasteiger partial charge in [0.1, 0.15) is 0 Å². The van der Waals surface area contributed by atoms with E-state index >= 15 is 0 Å². The van der Waals surface area contributed by atoms with Crippen molar-refractivity contribution >= 4 is 11.8 Å². The van der Waals surface area contributed by atoms with Crippen LogP contribution in [0.1, 0.15) is 39.5 Å². The predicted molar refractivity (Wildman–Crippen MR) is 66.2 cm³/mol. The van der Waals surface area contributed by atoms with Gasteiger partial charge in [0.05, 0.1) is 12.1 Å². The Balaban J connectivity index is 2.25. The smallest absolute Gasteiger partial charge is 0.240 e. The molecule has 0 radical (unpaired) electrons. The lowest BCUT2D eigenvalue weighted by Crippen LogP contribution is -2.53. The Hall–Kier alpha value is -1.10. The summed E-state index contributed by atoms with van der Waals surface area (Å²) in [6.07, 6.45) is 3.41. The molecule has 1 aliphatic carbocycles. The van der Waals surface area contributed by atoms with Crippen LogP contribution in [0.2, 0.25) is 0 Å². The molecule has 2 amide bonds. The van der Waals surface area contributed by atoms with E-state index in [0.717, 1.165) is 12.8 Å². The Bertz CT molecular complexity index is 283. The highest BCUT2D eigenvalue weighted by Crippen LogP contribution is 2.26. The van der Waals surface area contributed by atoms with Crippen LogP contribution in [0.4, 0.5) is 0 Å². The van der Waals surface area contributed by atoms with Gasteiger partial charge in [0.15, 0.2) is 0 Å². The molecule has 0 bridgehead atoms. The van der Waals surface area contributed by atoms with Gasteiger partial charge < -0.3 is 16.4 Å². The van der Waals surface area contributed by atoms with E-state index in [0.29, 0.717) is 25.3 Å². The van der Waals surface area contributed by atoms with Crippen molar-refractivity contribution in [2.45, 2.75) is 45.1 Å². The summed E-state index contributed by atoms with van der Waals surface area (Å²) in [4.78, 5) is 23.2. The summed E-state index contributed by atoms with van der Waals surface area (Å²) < 4.78 is 0. The van der Waals surface area contributed by atoms with Crippen molar-refractivity contribution in [1.29, 1.82) is 0 Å². The molecule has 0 heterocycles. The summed E-state index contributed by atoms with van der Waals surface area (Å²) >= 11 is 0.